The molecule has 206 valence electrons. The molecule has 2 aliphatic heterocycles. The lowest BCUT2D eigenvalue weighted by Gasteiger charge is -2.43. The van der Waals surface area contributed by atoms with Crippen LogP contribution in [0.25, 0.3) is 0 Å². The number of hydrazone groups is 1. The summed E-state index contributed by atoms with van der Waals surface area (Å²) in [6, 6.07) is 1.90. The summed E-state index contributed by atoms with van der Waals surface area (Å²) in [5, 5.41) is 39.3. The molecular weight excluding hydrogens is 554 g/mol. The summed E-state index contributed by atoms with van der Waals surface area (Å²) < 4.78 is -0.770. The van der Waals surface area contributed by atoms with Crippen LogP contribution in [0.5, 0.6) is 11.5 Å². The topological polar surface area (TPSA) is 229 Å². The van der Waals surface area contributed by atoms with Crippen molar-refractivity contribution in [2.75, 3.05) is 12.3 Å². The van der Waals surface area contributed by atoms with Crippen LogP contribution in [-0.2, 0) is 24.0 Å². The molecule has 3 atom stereocenters. The highest BCUT2D eigenvalue weighted by molar-refractivity contribution is 8.01. The third-order valence-corrected chi connectivity index (χ3v) is 7.94. The van der Waals surface area contributed by atoms with Crippen LogP contribution in [0.15, 0.2) is 33.8 Å². The number of anilines is 1. The van der Waals surface area contributed by atoms with E-state index in [1.54, 1.807) is 13.8 Å². The Balaban J connectivity index is 1.39. The Morgan fingerprint density at radius 3 is 2.67 bits per heavy atom. The number of benzene rings is 1. The number of carbonyl (C=O) groups is 4. The molecule has 4 rings (SSSR count). The van der Waals surface area contributed by atoms with Gasteiger partial charge in [0, 0.05) is 10.1 Å². The number of phenols is 2. The normalized spacial score (nSPS) is 21.8. The SMILES string of the molecule is CC1(C)S[C@@H]2C(NC(=O)/C(=N\OCC(=O)N/N=C/c3ccc(O)c(O)c3)c3csc(N)n3)C(=O)N2[C@H]1C(=O)O. The van der Waals surface area contributed by atoms with Gasteiger partial charge in [-0.05, 0) is 37.6 Å². The van der Waals surface area contributed by atoms with Crippen LogP contribution in [0.2, 0.25) is 0 Å². The van der Waals surface area contributed by atoms with E-state index < -0.39 is 52.5 Å². The fourth-order valence-corrected chi connectivity index (χ4v) is 6.12. The molecule has 17 heteroatoms. The van der Waals surface area contributed by atoms with Gasteiger partial charge in [-0.25, -0.2) is 15.2 Å². The first-order chi connectivity index (χ1) is 18.4. The molecule has 1 unspecified atom stereocenters. The zero-order valence-electron chi connectivity index (χ0n) is 20.4. The number of hydrogen-bond acceptors (Lipinski definition) is 13. The Morgan fingerprint density at radius 2 is 2.03 bits per heavy atom. The molecule has 1 aromatic carbocycles. The quantitative estimate of drug-likeness (QED) is 0.0975. The van der Waals surface area contributed by atoms with Gasteiger partial charge in [0.15, 0.2) is 28.9 Å². The van der Waals surface area contributed by atoms with Gasteiger partial charge < -0.3 is 36.1 Å². The Labute approximate surface area is 228 Å². The zero-order chi connectivity index (χ0) is 28.5. The first-order valence-corrected chi connectivity index (χ1v) is 12.9. The number of thioether (sulfide) groups is 1. The number of aromatic nitrogens is 1. The second-order valence-electron chi connectivity index (χ2n) is 8.87. The van der Waals surface area contributed by atoms with Gasteiger partial charge in [-0.2, -0.15) is 5.10 Å². The highest BCUT2D eigenvalue weighted by Crippen LogP contribution is 2.50. The minimum Gasteiger partial charge on any atom is -0.504 e. The third-order valence-electron chi connectivity index (χ3n) is 5.69. The molecule has 2 aliphatic rings. The molecule has 2 aromatic rings. The van der Waals surface area contributed by atoms with Gasteiger partial charge in [0.1, 0.15) is 23.2 Å². The van der Waals surface area contributed by atoms with Crippen molar-refractivity contribution in [3.05, 3.63) is 34.8 Å². The van der Waals surface area contributed by atoms with Crippen molar-refractivity contribution in [2.24, 2.45) is 10.3 Å². The van der Waals surface area contributed by atoms with Gasteiger partial charge in [-0.15, -0.1) is 23.1 Å². The van der Waals surface area contributed by atoms with Gasteiger partial charge in [0.25, 0.3) is 11.8 Å². The first-order valence-electron chi connectivity index (χ1n) is 11.2. The number of carboxylic acids is 1. The van der Waals surface area contributed by atoms with Crippen LogP contribution >= 0.6 is 23.1 Å². The minimum atomic E-state index is -1.13. The summed E-state index contributed by atoms with van der Waals surface area (Å²) in [6.07, 6.45) is 1.22. The zero-order valence-corrected chi connectivity index (χ0v) is 22.0. The number of amides is 3. The van der Waals surface area contributed by atoms with E-state index in [0.717, 1.165) is 11.3 Å². The minimum absolute atomic E-state index is 0.0482. The number of nitrogens with two attached hydrogens (primary N) is 1. The van der Waals surface area contributed by atoms with Crippen LogP contribution in [0.4, 0.5) is 5.13 Å². The van der Waals surface area contributed by atoms with Crippen molar-refractivity contribution in [2.45, 2.75) is 36.1 Å². The number of nitrogens with zero attached hydrogens (tertiary/aromatic N) is 4. The Morgan fingerprint density at radius 1 is 1.28 bits per heavy atom. The lowest BCUT2D eigenvalue weighted by atomic mass is 9.96. The first kappa shape index (κ1) is 27.6. The van der Waals surface area contributed by atoms with Gasteiger partial charge in [0.05, 0.1) is 6.21 Å². The smallest absolute Gasteiger partial charge is 0.327 e. The Bertz CT molecular complexity index is 1390. The molecule has 2 saturated heterocycles. The number of nitrogens with one attached hydrogen (secondary N) is 2. The molecule has 15 nitrogen and oxygen atoms in total. The number of phenolic OH excluding ortho intramolecular Hbond substituents is 2. The fourth-order valence-electron chi connectivity index (χ4n) is 3.94. The number of nitrogen functional groups attached to an aromatic ring is 1. The molecular formula is C22H23N7O8S2. The van der Waals surface area contributed by atoms with Crippen molar-refractivity contribution in [3.8, 4) is 11.5 Å². The Hall–Kier alpha value is -4.38. The molecule has 0 radical (unpaired) electrons. The van der Waals surface area contributed by atoms with E-state index in [0.29, 0.717) is 5.56 Å². The number of hydrogen-bond donors (Lipinski definition) is 6. The van der Waals surface area contributed by atoms with Gasteiger partial charge in [-0.1, -0.05) is 5.16 Å². The van der Waals surface area contributed by atoms with Gasteiger partial charge in [-0.3, -0.25) is 14.4 Å². The highest BCUT2D eigenvalue weighted by atomic mass is 32.2. The van der Waals surface area contributed by atoms with E-state index in [9.17, 15) is 34.5 Å². The number of thiazole rings is 1. The van der Waals surface area contributed by atoms with Crippen LogP contribution < -0.4 is 16.5 Å². The Kier molecular flexibility index (Phi) is 7.64. The van der Waals surface area contributed by atoms with Crippen LogP contribution in [0, 0.1) is 0 Å². The number of carboxylic acid groups (broad SMARTS) is 1. The maximum atomic E-state index is 13.1. The van der Waals surface area contributed by atoms with Crippen molar-refractivity contribution < 1.29 is 39.3 Å². The van der Waals surface area contributed by atoms with Crippen molar-refractivity contribution >= 4 is 63.8 Å². The second-order valence-corrected chi connectivity index (χ2v) is 11.5. The van der Waals surface area contributed by atoms with E-state index in [-0.39, 0.29) is 28.0 Å². The van der Waals surface area contributed by atoms with Crippen molar-refractivity contribution in [1.82, 2.24) is 20.6 Å². The molecule has 0 bridgehead atoms. The molecule has 1 aromatic heterocycles. The number of rotatable bonds is 9. The van der Waals surface area contributed by atoms with Gasteiger partial charge in [0.2, 0.25) is 5.91 Å². The predicted molar refractivity (Wildman–Crippen MR) is 140 cm³/mol. The molecule has 0 aliphatic carbocycles. The molecule has 3 amide bonds. The van der Waals surface area contributed by atoms with Crippen LogP contribution in [0.3, 0.4) is 0 Å². The summed E-state index contributed by atoms with van der Waals surface area (Å²) in [7, 11) is 0. The summed E-state index contributed by atoms with van der Waals surface area (Å²) >= 11 is 2.29. The number of aliphatic carboxylic acids is 1. The fraction of sp³-hybridized carbons (Fsp3) is 0.318. The lowest BCUT2D eigenvalue weighted by molar-refractivity contribution is -0.160. The highest BCUT2D eigenvalue weighted by Gasteiger charge is 2.64. The number of carbonyl (C=O) groups excluding carboxylic acids is 3. The molecule has 39 heavy (non-hydrogen) atoms. The van der Waals surface area contributed by atoms with E-state index in [4.69, 9.17) is 10.6 Å². The number of oxime groups is 1. The van der Waals surface area contributed by atoms with Gasteiger partial charge >= 0.3 is 5.97 Å². The molecule has 2 fully saturated rings. The number of β-lactam (4-membered cyclic amide) rings is 1. The lowest BCUT2D eigenvalue weighted by Crippen LogP contribution is -2.71. The molecule has 0 spiro atoms. The maximum Gasteiger partial charge on any atom is 0.327 e. The molecule has 0 saturated carbocycles. The monoisotopic (exact) mass is 577 g/mol. The summed E-state index contributed by atoms with van der Waals surface area (Å²) in [5.74, 6) is -3.91. The maximum absolute atomic E-state index is 13.1. The molecule has 7 N–H and O–H groups in total. The number of aromatic hydroxyl groups is 2. The summed E-state index contributed by atoms with van der Waals surface area (Å²) in [5.41, 5.74) is 7.94. The van der Waals surface area contributed by atoms with Crippen molar-refractivity contribution in [1.29, 1.82) is 0 Å². The predicted octanol–water partition coefficient (Wildman–Crippen LogP) is -0.361. The van der Waals surface area contributed by atoms with E-state index in [1.165, 1.54) is 46.5 Å². The van der Waals surface area contributed by atoms with Crippen LogP contribution in [-0.4, -0.2) is 89.6 Å². The summed E-state index contributed by atoms with van der Waals surface area (Å²) in [6.45, 7) is 2.78. The standard InChI is InChI=1S/C22H23N7O8S2/c1-22(2)16(20(35)36)29-18(34)15(19(29)39-22)26-17(33)14(10-8-38-21(23)25-10)28-37-7-13(32)27-24-6-9-3-4-11(30)12(31)5-9/h3-6,8,15-16,19,30-31H,7H2,1-2H3,(H2,23,25)(H,26,33)(H,27,32)(H,35,36)/b24-6+,28-14-/t15?,16-,19+/m0/s1. The van der Waals surface area contributed by atoms with Crippen molar-refractivity contribution in [3.63, 3.8) is 0 Å². The number of fused-ring (bicyclic) bond motifs is 1. The average molecular weight is 578 g/mol. The van der Waals surface area contributed by atoms with E-state index in [1.807, 2.05) is 0 Å². The summed E-state index contributed by atoms with van der Waals surface area (Å²) in [4.78, 5) is 59.8. The second kappa shape index (κ2) is 10.8. The molecule has 3 heterocycles. The van der Waals surface area contributed by atoms with E-state index >= 15 is 0 Å². The van der Waals surface area contributed by atoms with E-state index in [2.05, 4.69) is 26.0 Å². The van der Waals surface area contributed by atoms with Crippen LogP contribution in [0.1, 0.15) is 25.1 Å². The third kappa shape index (κ3) is 5.73. The largest absolute Gasteiger partial charge is 0.504 e. The average Bonchev–Trinajstić information content (AvgIpc) is 3.40.